The smallest absolute Gasteiger partial charge is 0.235 e. The summed E-state index contributed by atoms with van der Waals surface area (Å²) >= 11 is 5.77. The van der Waals surface area contributed by atoms with Crippen LogP contribution < -0.4 is 11.1 Å². The lowest BCUT2D eigenvalue weighted by Gasteiger charge is -2.14. The molecule has 0 aromatic heterocycles. The van der Waals surface area contributed by atoms with Crippen LogP contribution in [0.25, 0.3) is 0 Å². The van der Waals surface area contributed by atoms with Crippen LogP contribution in [-0.2, 0) is 4.79 Å². The zero-order valence-electron chi connectivity index (χ0n) is 9.65. The zero-order valence-corrected chi connectivity index (χ0v) is 10.4. The van der Waals surface area contributed by atoms with Crippen LogP contribution in [0.5, 0.6) is 0 Å². The average Bonchev–Trinajstić information content (AvgIpc) is 2.33. The zero-order chi connectivity index (χ0) is 13.7. The van der Waals surface area contributed by atoms with Crippen molar-refractivity contribution in [3.63, 3.8) is 0 Å². The van der Waals surface area contributed by atoms with Crippen molar-refractivity contribution in [1.82, 2.24) is 0 Å². The van der Waals surface area contributed by atoms with Gasteiger partial charge in [0.05, 0.1) is 16.6 Å². The molecule has 0 aliphatic heterocycles. The van der Waals surface area contributed by atoms with E-state index in [0.717, 1.165) is 6.07 Å². The van der Waals surface area contributed by atoms with E-state index >= 15 is 0 Å². The number of rotatable bonds is 4. The highest BCUT2D eigenvalue weighted by molar-refractivity contribution is 6.33. The van der Waals surface area contributed by atoms with E-state index in [2.05, 4.69) is 10.5 Å². The second-order valence-electron chi connectivity index (χ2n) is 3.60. The molecule has 18 heavy (non-hydrogen) atoms. The standard InChI is InChI=1S/C11H13ClFN3O2/c1-2-7(10(14)16-18)11(17)15-9-4-3-6(13)5-8(9)12/h3-5,7,18H,2H2,1H3,(H2,14,16)(H,15,17). The molecule has 0 saturated carbocycles. The van der Waals surface area contributed by atoms with Gasteiger partial charge in [0.25, 0.3) is 0 Å². The number of hydrogen-bond donors (Lipinski definition) is 3. The molecule has 5 nitrogen and oxygen atoms in total. The summed E-state index contributed by atoms with van der Waals surface area (Å²) in [5.74, 6) is -1.92. The number of nitrogens with two attached hydrogens (primary N) is 1. The molecule has 1 rings (SSSR count). The molecule has 0 saturated heterocycles. The third-order valence-corrected chi connectivity index (χ3v) is 2.70. The highest BCUT2D eigenvalue weighted by atomic mass is 35.5. The first-order valence-corrected chi connectivity index (χ1v) is 5.60. The number of hydrogen-bond acceptors (Lipinski definition) is 3. The number of carbonyl (C=O) groups excluding carboxylic acids is 1. The van der Waals surface area contributed by atoms with Crippen LogP contribution >= 0.6 is 11.6 Å². The number of amides is 1. The van der Waals surface area contributed by atoms with Crippen molar-refractivity contribution in [3.8, 4) is 0 Å². The Morgan fingerprint density at radius 3 is 2.83 bits per heavy atom. The third-order valence-electron chi connectivity index (χ3n) is 2.39. The van der Waals surface area contributed by atoms with Gasteiger partial charge in [-0.2, -0.15) is 0 Å². The van der Waals surface area contributed by atoms with Gasteiger partial charge in [-0.1, -0.05) is 23.7 Å². The predicted molar refractivity (Wildman–Crippen MR) is 67.2 cm³/mol. The second-order valence-corrected chi connectivity index (χ2v) is 4.01. The van der Waals surface area contributed by atoms with Crippen LogP contribution in [0.3, 0.4) is 0 Å². The number of amidine groups is 1. The minimum absolute atomic E-state index is 0.0812. The lowest BCUT2D eigenvalue weighted by atomic mass is 10.0. The lowest BCUT2D eigenvalue weighted by Crippen LogP contribution is -2.34. The van der Waals surface area contributed by atoms with Gasteiger partial charge in [-0.05, 0) is 24.6 Å². The summed E-state index contributed by atoms with van der Waals surface area (Å²) in [7, 11) is 0. The van der Waals surface area contributed by atoms with Crippen molar-refractivity contribution >= 4 is 29.0 Å². The maximum Gasteiger partial charge on any atom is 0.235 e. The first kappa shape index (κ1) is 14.2. The Labute approximate surface area is 108 Å². The van der Waals surface area contributed by atoms with Gasteiger partial charge >= 0.3 is 0 Å². The van der Waals surface area contributed by atoms with E-state index < -0.39 is 17.6 Å². The second kappa shape index (κ2) is 6.20. The van der Waals surface area contributed by atoms with Gasteiger partial charge < -0.3 is 16.3 Å². The van der Waals surface area contributed by atoms with Crippen molar-refractivity contribution in [2.45, 2.75) is 13.3 Å². The Bertz CT molecular complexity index is 479. The fourth-order valence-corrected chi connectivity index (χ4v) is 1.62. The number of anilines is 1. The SMILES string of the molecule is CCC(C(=O)Nc1ccc(F)cc1Cl)C(N)=NO. The van der Waals surface area contributed by atoms with Gasteiger partial charge in [0.15, 0.2) is 5.84 Å². The summed E-state index contributed by atoms with van der Waals surface area (Å²) in [6.45, 7) is 1.72. The Balaban J connectivity index is 2.86. The molecule has 0 aliphatic rings. The molecule has 98 valence electrons. The van der Waals surface area contributed by atoms with Crippen molar-refractivity contribution in [3.05, 3.63) is 29.0 Å². The highest BCUT2D eigenvalue weighted by Gasteiger charge is 2.21. The summed E-state index contributed by atoms with van der Waals surface area (Å²) in [5.41, 5.74) is 5.66. The largest absolute Gasteiger partial charge is 0.409 e. The maximum absolute atomic E-state index is 12.8. The van der Waals surface area contributed by atoms with Gasteiger partial charge in [0.2, 0.25) is 5.91 Å². The van der Waals surface area contributed by atoms with Crippen LogP contribution in [0, 0.1) is 11.7 Å². The van der Waals surface area contributed by atoms with Gasteiger partial charge in [-0.3, -0.25) is 4.79 Å². The van der Waals surface area contributed by atoms with Crippen molar-refractivity contribution < 1.29 is 14.4 Å². The van der Waals surface area contributed by atoms with E-state index in [-0.39, 0.29) is 16.5 Å². The first-order chi connectivity index (χ1) is 8.49. The molecule has 1 atom stereocenters. The van der Waals surface area contributed by atoms with Gasteiger partial charge in [-0.15, -0.1) is 0 Å². The van der Waals surface area contributed by atoms with Crippen LogP contribution in [0.15, 0.2) is 23.4 Å². The molecule has 0 heterocycles. The van der Waals surface area contributed by atoms with Crippen LogP contribution in [0.2, 0.25) is 5.02 Å². The lowest BCUT2D eigenvalue weighted by molar-refractivity contribution is -0.118. The fraction of sp³-hybridized carbons (Fsp3) is 0.273. The van der Waals surface area contributed by atoms with E-state index in [0.29, 0.717) is 6.42 Å². The number of nitrogens with zero attached hydrogens (tertiary/aromatic N) is 1. The molecule has 1 amide bonds. The topological polar surface area (TPSA) is 87.7 Å². The van der Waals surface area contributed by atoms with Gasteiger partial charge in [0, 0.05) is 0 Å². The highest BCUT2D eigenvalue weighted by Crippen LogP contribution is 2.23. The molecule has 1 unspecified atom stereocenters. The Morgan fingerprint density at radius 1 is 1.67 bits per heavy atom. The normalized spacial score (nSPS) is 13.2. The minimum atomic E-state index is -0.767. The number of oxime groups is 1. The van der Waals surface area contributed by atoms with Crippen LogP contribution in [0.1, 0.15) is 13.3 Å². The number of carbonyl (C=O) groups is 1. The summed E-state index contributed by atoms with van der Waals surface area (Å²) in [6.07, 6.45) is 0.362. The molecule has 0 fully saturated rings. The summed E-state index contributed by atoms with van der Waals surface area (Å²) in [6, 6.07) is 3.60. The summed E-state index contributed by atoms with van der Waals surface area (Å²) in [5, 5.41) is 13.9. The first-order valence-electron chi connectivity index (χ1n) is 5.23. The monoisotopic (exact) mass is 273 g/mol. The third kappa shape index (κ3) is 3.33. The molecular weight excluding hydrogens is 261 g/mol. The average molecular weight is 274 g/mol. The van der Waals surface area contributed by atoms with E-state index in [1.165, 1.54) is 12.1 Å². The van der Waals surface area contributed by atoms with E-state index in [9.17, 15) is 9.18 Å². The van der Waals surface area contributed by atoms with E-state index in [4.69, 9.17) is 22.5 Å². The van der Waals surface area contributed by atoms with E-state index in [1.54, 1.807) is 6.92 Å². The van der Waals surface area contributed by atoms with Crippen LogP contribution in [0.4, 0.5) is 10.1 Å². The molecule has 0 bridgehead atoms. The number of benzene rings is 1. The molecule has 4 N–H and O–H groups in total. The number of nitrogens with one attached hydrogen (secondary N) is 1. The molecule has 1 aromatic carbocycles. The molecule has 0 spiro atoms. The molecule has 1 aromatic rings. The van der Waals surface area contributed by atoms with Crippen LogP contribution in [-0.4, -0.2) is 17.0 Å². The minimum Gasteiger partial charge on any atom is -0.409 e. The van der Waals surface area contributed by atoms with Crippen molar-refractivity contribution in [1.29, 1.82) is 0 Å². The summed E-state index contributed by atoms with van der Waals surface area (Å²) < 4.78 is 12.8. The van der Waals surface area contributed by atoms with Crippen molar-refractivity contribution in [2.24, 2.45) is 16.8 Å². The molecule has 0 aliphatic carbocycles. The van der Waals surface area contributed by atoms with Crippen molar-refractivity contribution in [2.75, 3.05) is 5.32 Å². The Hall–Kier alpha value is -1.82. The van der Waals surface area contributed by atoms with E-state index in [1.807, 2.05) is 0 Å². The molecular formula is C11H13ClFN3O2. The fourth-order valence-electron chi connectivity index (χ4n) is 1.41. The Kier molecular flexibility index (Phi) is 4.91. The number of halogens is 2. The van der Waals surface area contributed by atoms with Gasteiger partial charge in [-0.25, -0.2) is 4.39 Å². The quantitative estimate of drug-likeness (QED) is 0.340. The predicted octanol–water partition coefficient (Wildman–Crippen LogP) is 2.19. The molecule has 7 heteroatoms. The maximum atomic E-state index is 12.8. The van der Waals surface area contributed by atoms with Gasteiger partial charge in [0.1, 0.15) is 5.82 Å². The Morgan fingerprint density at radius 2 is 2.33 bits per heavy atom. The summed E-state index contributed by atoms with van der Waals surface area (Å²) in [4.78, 5) is 11.8. The molecule has 0 radical (unpaired) electrons.